The Hall–Kier alpha value is -2.73. The van der Waals surface area contributed by atoms with E-state index < -0.39 is 11.7 Å². The fraction of sp³-hybridized carbons (Fsp3) is 0.167. The quantitative estimate of drug-likeness (QED) is 0.775. The van der Waals surface area contributed by atoms with Crippen molar-refractivity contribution in [1.82, 2.24) is 9.55 Å². The summed E-state index contributed by atoms with van der Waals surface area (Å²) < 4.78 is 15.2. The number of carbonyl (C=O) groups is 1. The number of hydrogen-bond acceptors (Lipinski definition) is 3. The number of fused-ring (bicyclic) bond motifs is 1. The Morgan fingerprint density at radius 3 is 2.80 bits per heavy atom. The predicted octanol–water partition coefficient (Wildman–Crippen LogP) is 3.53. The molecule has 25 heavy (non-hydrogen) atoms. The fourth-order valence-corrected chi connectivity index (χ4v) is 2.72. The van der Waals surface area contributed by atoms with Crippen LogP contribution in [-0.2, 0) is 11.3 Å². The monoisotopic (exact) mass is 359 g/mol. The Labute approximate surface area is 148 Å². The number of aromatic nitrogens is 2. The lowest BCUT2D eigenvalue weighted by Crippen LogP contribution is -2.26. The van der Waals surface area contributed by atoms with E-state index in [1.807, 2.05) is 6.07 Å². The van der Waals surface area contributed by atoms with Crippen molar-refractivity contribution in [3.8, 4) is 0 Å². The maximum absolute atomic E-state index is 13.7. The first-order valence-electron chi connectivity index (χ1n) is 7.67. The number of amides is 1. The van der Waals surface area contributed by atoms with Gasteiger partial charge in [0.2, 0.25) is 5.91 Å². The van der Waals surface area contributed by atoms with Gasteiger partial charge in [0, 0.05) is 18.0 Å². The first-order valence-corrected chi connectivity index (χ1v) is 8.04. The van der Waals surface area contributed by atoms with Crippen molar-refractivity contribution in [3.63, 3.8) is 0 Å². The van der Waals surface area contributed by atoms with E-state index in [-0.39, 0.29) is 29.2 Å². The minimum atomic E-state index is -0.608. The second-order valence-electron chi connectivity index (χ2n) is 5.57. The Bertz CT molecular complexity index is 1020. The number of halogens is 2. The predicted molar refractivity (Wildman–Crippen MR) is 95.4 cm³/mol. The van der Waals surface area contributed by atoms with Gasteiger partial charge in [-0.25, -0.2) is 9.37 Å². The van der Waals surface area contributed by atoms with Crippen molar-refractivity contribution in [2.45, 2.75) is 19.9 Å². The highest BCUT2D eigenvalue weighted by Crippen LogP contribution is 2.19. The minimum absolute atomic E-state index is 0.0232. The maximum Gasteiger partial charge on any atom is 0.272 e. The van der Waals surface area contributed by atoms with Crippen LogP contribution in [0.15, 0.2) is 47.3 Å². The summed E-state index contributed by atoms with van der Waals surface area (Å²) in [6.07, 6.45) is 0.0232. The molecule has 0 unspecified atom stereocenters. The van der Waals surface area contributed by atoms with Crippen LogP contribution >= 0.6 is 11.6 Å². The van der Waals surface area contributed by atoms with Crippen molar-refractivity contribution in [1.29, 1.82) is 0 Å². The molecule has 3 rings (SSSR count). The van der Waals surface area contributed by atoms with Crippen molar-refractivity contribution in [2.75, 3.05) is 5.32 Å². The van der Waals surface area contributed by atoms with Gasteiger partial charge in [0.05, 0.1) is 16.7 Å². The second kappa shape index (κ2) is 7.03. The molecule has 2 aromatic carbocycles. The van der Waals surface area contributed by atoms with Gasteiger partial charge in [0.25, 0.3) is 5.56 Å². The number of para-hydroxylation sites is 2. The zero-order chi connectivity index (χ0) is 18.0. The van der Waals surface area contributed by atoms with Crippen LogP contribution in [-0.4, -0.2) is 15.5 Å². The SMILES string of the molecule is Cc1nc2ccccc2n(CCC(=O)Nc2ccc(Cl)cc2F)c1=O. The largest absolute Gasteiger partial charge is 0.324 e. The summed E-state index contributed by atoms with van der Waals surface area (Å²) >= 11 is 5.69. The number of nitrogens with one attached hydrogen (secondary N) is 1. The molecule has 0 aliphatic rings. The third-order valence-electron chi connectivity index (χ3n) is 3.78. The van der Waals surface area contributed by atoms with Crippen LogP contribution in [0.25, 0.3) is 11.0 Å². The topological polar surface area (TPSA) is 64.0 Å². The van der Waals surface area contributed by atoms with E-state index in [0.717, 1.165) is 6.07 Å². The summed E-state index contributed by atoms with van der Waals surface area (Å²) in [4.78, 5) is 28.7. The van der Waals surface area contributed by atoms with Crippen molar-refractivity contribution in [3.05, 3.63) is 69.4 Å². The van der Waals surface area contributed by atoms with Gasteiger partial charge in [0.15, 0.2) is 0 Å². The molecule has 0 saturated carbocycles. The molecule has 1 heterocycles. The van der Waals surface area contributed by atoms with Crippen LogP contribution in [0.4, 0.5) is 10.1 Å². The first-order chi connectivity index (χ1) is 12.0. The van der Waals surface area contributed by atoms with Gasteiger partial charge in [0.1, 0.15) is 11.5 Å². The highest BCUT2D eigenvalue weighted by atomic mass is 35.5. The van der Waals surface area contributed by atoms with Crippen LogP contribution in [0, 0.1) is 12.7 Å². The normalized spacial score (nSPS) is 10.8. The second-order valence-corrected chi connectivity index (χ2v) is 6.00. The smallest absolute Gasteiger partial charge is 0.272 e. The van der Waals surface area contributed by atoms with Crippen molar-refractivity contribution >= 4 is 34.2 Å². The highest BCUT2D eigenvalue weighted by Gasteiger charge is 2.11. The molecule has 0 atom stereocenters. The molecule has 0 bridgehead atoms. The van der Waals surface area contributed by atoms with E-state index in [4.69, 9.17) is 11.6 Å². The zero-order valence-electron chi connectivity index (χ0n) is 13.4. The van der Waals surface area contributed by atoms with Crippen LogP contribution in [0.1, 0.15) is 12.1 Å². The number of anilines is 1. The molecule has 1 N–H and O–H groups in total. The van der Waals surface area contributed by atoms with Gasteiger partial charge < -0.3 is 9.88 Å². The summed E-state index contributed by atoms with van der Waals surface area (Å²) in [6.45, 7) is 1.80. The summed E-state index contributed by atoms with van der Waals surface area (Å²) in [6, 6.07) is 11.2. The minimum Gasteiger partial charge on any atom is -0.324 e. The molecule has 0 saturated heterocycles. The molecule has 1 aromatic heterocycles. The summed E-state index contributed by atoms with van der Waals surface area (Å²) in [5, 5.41) is 2.74. The van der Waals surface area contributed by atoms with Gasteiger partial charge in [-0.1, -0.05) is 23.7 Å². The van der Waals surface area contributed by atoms with Crippen molar-refractivity contribution < 1.29 is 9.18 Å². The summed E-state index contributed by atoms with van der Waals surface area (Å²) in [7, 11) is 0. The molecule has 128 valence electrons. The molecule has 7 heteroatoms. The molecule has 3 aromatic rings. The number of rotatable bonds is 4. The van der Waals surface area contributed by atoms with E-state index in [1.165, 1.54) is 16.7 Å². The maximum atomic E-state index is 13.7. The van der Waals surface area contributed by atoms with Crippen LogP contribution < -0.4 is 10.9 Å². The average Bonchev–Trinajstić information content (AvgIpc) is 2.58. The van der Waals surface area contributed by atoms with Gasteiger partial charge in [-0.05, 0) is 37.3 Å². The van der Waals surface area contributed by atoms with E-state index in [0.29, 0.717) is 16.7 Å². The van der Waals surface area contributed by atoms with Crippen LogP contribution in [0.2, 0.25) is 5.02 Å². The molecule has 0 radical (unpaired) electrons. The molecular formula is C18H15ClFN3O2. The molecule has 0 spiro atoms. The summed E-state index contributed by atoms with van der Waals surface area (Å²) in [5.74, 6) is -1.00. The van der Waals surface area contributed by atoms with Gasteiger partial charge in [-0.3, -0.25) is 9.59 Å². The third-order valence-corrected chi connectivity index (χ3v) is 4.02. The van der Waals surface area contributed by atoms with E-state index >= 15 is 0 Å². The highest BCUT2D eigenvalue weighted by molar-refractivity contribution is 6.30. The van der Waals surface area contributed by atoms with Crippen LogP contribution in [0.3, 0.4) is 0 Å². The lowest BCUT2D eigenvalue weighted by atomic mass is 10.2. The number of benzene rings is 2. The van der Waals surface area contributed by atoms with Crippen LogP contribution in [0.5, 0.6) is 0 Å². The summed E-state index contributed by atoms with van der Waals surface area (Å²) in [5.41, 5.74) is 1.51. The van der Waals surface area contributed by atoms with Gasteiger partial charge in [-0.2, -0.15) is 0 Å². The number of aryl methyl sites for hydroxylation is 2. The molecule has 0 aliphatic carbocycles. The standard InChI is InChI=1S/C18H15ClFN3O2/c1-11-18(25)23(16-5-3-2-4-15(16)21-11)9-8-17(24)22-14-7-6-12(19)10-13(14)20/h2-7,10H,8-9H2,1H3,(H,22,24). The number of hydrogen-bond donors (Lipinski definition) is 1. The fourth-order valence-electron chi connectivity index (χ4n) is 2.56. The molecular weight excluding hydrogens is 345 g/mol. The first kappa shape index (κ1) is 17.1. The van der Waals surface area contributed by atoms with E-state index in [2.05, 4.69) is 10.3 Å². The van der Waals surface area contributed by atoms with E-state index in [9.17, 15) is 14.0 Å². The molecule has 0 aliphatic heterocycles. The van der Waals surface area contributed by atoms with E-state index in [1.54, 1.807) is 25.1 Å². The van der Waals surface area contributed by atoms with Gasteiger partial charge >= 0.3 is 0 Å². The zero-order valence-corrected chi connectivity index (χ0v) is 14.2. The average molecular weight is 360 g/mol. The molecule has 5 nitrogen and oxygen atoms in total. The Morgan fingerprint density at radius 2 is 2.04 bits per heavy atom. The Balaban J connectivity index is 1.79. The van der Waals surface area contributed by atoms with Gasteiger partial charge in [-0.15, -0.1) is 0 Å². The molecule has 0 fully saturated rings. The number of carbonyl (C=O) groups excluding carboxylic acids is 1. The molecule has 1 amide bonds. The Morgan fingerprint density at radius 1 is 1.28 bits per heavy atom. The third kappa shape index (κ3) is 3.69. The number of nitrogens with zero attached hydrogens (tertiary/aromatic N) is 2. The lowest BCUT2D eigenvalue weighted by molar-refractivity contribution is -0.116. The Kier molecular flexibility index (Phi) is 4.81. The van der Waals surface area contributed by atoms with Crippen molar-refractivity contribution in [2.24, 2.45) is 0 Å². The lowest BCUT2D eigenvalue weighted by Gasteiger charge is -2.11.